The predicted octanol–water partition coefficient (Wildman–Crippen LogP) is 6.83. The van der Waals surface area contributed by atoms with Gasteiger partial charge in [-0.15, -0.1) is 0 Å². The molecular weight excluding hydrogens is 426 g/mol. The van der Waals surface area contributed by atoms with Gasteiger partial charge < -0.3 is 11.1 Å². The Labute approximate surface area is 212 Å². The maximum Gasteiger partial charge on any atom is 0.0702 e. The number of aryl methyl sites for hydroxylation is 5. The van der Waals surface area contributed by atoms with Crippen LogP contribution in [-0.2, 0) is 19.3 Å². The van der Waals surface area contributed by atoms with Crippen LogP contribution in [0.4, 0.5) is 0 Å². The summed E-state index contributed by atoms with van der Waals surface area (Å²) in [4.78, 5) is 4.26. The summed E-state index contributed by atoms with van der Waals surface area (Å²) in [7, 11) is 0. The second kappa shape index (κ2) is 16.6. The molecule has 3 N–H and O–H groups in total. The van der Waals surface area contributed by atoms with Crippen LogP contribution in [0.3, 0.4) is 0 Å². The van der Waals surface area contributed by atoms with Gasteiger partial charge >= 0.3 is 0 Å². The van der Waals surface area contributed by atoms with E-state index in [1.54, 1.807) is 0 Å². The molecule has 3 heteroatoms. The number of aromatic nitrogens is 1. The molecule has 0 atom stereocenters. The predicted molar refractivity (Wildman–Crippen MR) is 153 cm³/mol. The zero-order chi connectivity index (χ0) is 25.3. The van der Waals surface area contributed by atoms with Gasteiger partial charge in [-0.25, -0.2) is 0 Å². The van der Waals surface area contributed by atoms with Gasteiger partial charge in [-0.3, -0.25) is 4.98 Å². The lowest BCUT2D eigenvalue weighted by Crippen LogP contribution is -2.21. The van der Waals surface area contributed by atoms with Gasteiger partial charge in [0.1, 0.15) is 0 Å². The molecule has 3 nitrogen and oxygen atoms in total. The second-order valence-corrected chi connectivity index (χ2v) is 8.79. The van der Waals surface area contributed by atoms with Gasteiger partial charge in [-0.05, 0) is 86.5 Å². The number of hydrogen-bond donors (Lipinski definition) is 2. The number of nitrogens with two attached hydrogens (primary N) is 1. The van der Waals surface area contributed by atoms with Crippen LogP contribution in [-0.4, -0.2) is 24.6 Å². The molecule has 0 unspecified atom stereocenters. The van der Waals surface area contributed by atoms with Crippen LogP contribution in [0.15, 0.2) is 85.1 Å². The molecule has 0 aliphatic heterocycles. The molecule has 0 aliphatic rings. The fourth-order valence-electron chi connectivity index (χ4n) is 3.75. The molecule has 0 aliphatic carbocycles. The third kappa shape index (κ3) is 10.9. The van der Waals surface area contributed by atoms with E-state index in [2.05, 4.69) is 111 Å². The minimum absolute atomic E-state index is 0.744. The van der Waals surface area contributed by atoms with E-state index in [1.807, 2.05) is 12.3 Å². The van der Waals surface area contributed by atoms with Crippen molar-refractivity contribution in [3.63, 3.8) is 0 Å². The van der Waals surface area contributed by atoms with Gasteiger partial charge in [0, 0.05) is 24.7 Å². The Morgan fingerprint density at radius 3 is 2.20 bits per heavy atom. The summed E-state index contributed by atoms with van der Waals surface area (Å²) in [6.45, 7) is 11.3. The van der Waals surface area contributed by atoms with Crippen molar-refractivity contribution in [2.24, 2.45) is 5.73 Å². The van der Waals surface area contributed by atoms with E-state index in [9.17, 15) is 0 Å². The zero-order valence-corrected chi connectivity index (χ0v) is 22.1. The van der Waals surface area contributed by atoms with E-state index in [1.165, 1.54) is 52.5 Å². The summed E-state index contributed by atoms with van der Waals surface area (Å²) < 4.78 is 0. The molecule has 4 aromatic rings. The average molecular weight is 470 g/mol. The van der Waals surface area contributed by atoms with Gasteiger partial charge in [0.25, 0.3) is 0 Å². The number of pyridine rings is 1. The maximum atomic E-state index is 5.15. The Balaban J connectivity index is 0.000000209. The zero-order valence-electron chi connectivity index (χ0n) is 22.1. The lowest BCUT2D eigenvalue weighted by atomic mass is 10.0. The third-order valence-corrected chi connectivity index (χ3v) is 5.94. The van der Waals surface area contributed by atoms with Crippen molar-refractivity contribution >= 4 is 10.9 Å². The fraction of sp³-hybridized carbons (Fsp3) is 0.344. The Bertz CT molecular complexity index is 1100. The monoisotopic (exact) mass is 469 g/mol. The summed E-state index contributed by atoms with van der Waals surface area (Å²) in [5.41, 5.74) is 13.3. The largest absolute Gasteiger partial charge is 0.329 e. The van der Waals surface area contributed by atoms with Crippen LogP contribution >= 0.6 is 0 Å². The molecule has 3 aromatic carbocycles. The summed E-state index contributed by atoms with van der Waals surface area (Å²) >= 11 is 0. The van der Waals surface area contributed by atoms with Crippen LogP contribution in [0, 0.1) is 13.8 Å². The normalized spacial score (nSPS) is 10.2. The quantitative estimate of drug-likeness (QED) is 0.278. The summed E-state index contributed by atoms with van der Waals surface area (Å²) in [5.74, 6) is 0. The molecule has 186 valence electrons. The standard InChI is InChI=1S/C17H20.C11H11N.C4H12N2/c1-14-10-12-16(13-11-14)7-5-9-17-8-4-3-6-15(17)2;1-2-9-5-6-11-10(8-9)4-3-7-12-11;1-2-6-4-3-5/h3-4,6,8,10-13H,5,7,9H2,1-2H3;3-8H,2H2,1H3;6H,2-5H2,1H3. The smallest absolute Gasteiger partial charge is 0.0702 e. The molecule has 0 saturated carbocycles. The van der Waals surface area contributed by atoms with E-state index in [0.717, 1.165) is 31.6 Å². The molecule has 0 amide bonds. The molecule has 0 fully saturated rings. The van der Waals surface area contributed by atoms with E-state index < -0.39 is 0 Å². The Morgan fingerprint density at radius 1 is 0.800 bits per heavy atom. The number of likely N-dealkylation sites (N-methyl/N-ethyl adjacent to an activating group) is 1. The number of nitrogens with zero attached hydrogens (tertiary/aromatic N) is 1. The molecule has 0 saturated heterocycles. The van der Waals surface area contributed by atoms with Crippen molar-refractivity contribution < 1.29 is 0 Å². The highest BCUT2D eigenvalue weighted by Gasteiger charge is 1.98. The topological polar surface area (TPSA) is 50.9 Å². The molecule has 4 rings (SSSR count). The van der Waals surface area contributed by atoms with E-state index in [4.69, 9.17) is 5.73 Å². The number of rotatable bonds is 8. The minimum Gasteiger partial charge on any atom is -0.329 e. The fourth-order valence-corrected chi connectivity index (χ4v) is 3.75. The molecule has 1 heterocycles. The molecule has 35 heavy (non-hydrogen) atoms. The van der Waals surface area contributed by atoms with Gasteiger partial charge in [-0.2, -0.15) is 0 Å². The number of hydrogen-bond acceptors (Lipinski definition) is 3. The van der Waals surface area contributed by atoms with Gasteiger partial charge in [0.15, 0.2) is 0 Å². The molecule has 1 aromatic heterocycles. The molecule has 0 radical (unpaired) electrons. The van der Waals surface area contributed by atoms with Gasteiger partial charge in [0.05, 0.1) is 5.52 Å². The summed E-state index contributed by atoms with van der Waals surface area (Å²) in [6, 6.07) is 28.0. The molecule has 0 spiro atoms. The number of nitrogens with one attached hydrogen (secondary N) is 1. The highest BCUT2D eigenvalue weighted by atomic mass is 14.9. The number of fused-ring (bicyclic) bond motifs is 1. The first-order chi connectivity index (χ1) is 17.1. The highest BCUT2D eigenvalue weighted by molar-refractivity contribution is 5.78. The van der Waals surface area contributed by atoms with E-state index in [0.29, 0.717) is 0 Å². The molecular formula is C32H43N3. The van der Waals surface area contributed by atoms with Crippen molar-refractivity contribution in [2.75, 3.05) is 19.6 Å². The van der Waals surface area contributed by atoms with Crippen LogP contribution < -0.4 is 11.1 Å². The summed E-state index contributed by atoms with van der Waals surface area (Å²) in [5, 5.41) is 4.31. The minimum atomic E-state index is 0.744. The first kappa shape index (κ1) is 28.2. The SMILES string of the molecule is CCNCCN.CCc1ccc2ncccc2c1.Cc1ccc(CCCc2ccccc2C)cc1. The van der Waals surface area contributed by atoms with Crippen LogP contribution in [0.1, 0.15) is 48.1 Å². The van der Waals surface area contributed by atoms with Crippen molar-refractivity contribution in [1.82, 2.24) is 10.3 Å². The highest BCUT2D eigenvalue weighted by Crippen LogP contribution is 2.14. The van der Waals surface area contributed by atoms with Crippen molar-refractivity contribution in [1.29, 1.82) is 0 Å². The van der Waals surface area contributed by atoms with Crippen LogP contribution in [0.2, 0.25) is 0 Å². The van der Waals surface area contributed by atoms with Gasteiger partial charge in [-0.1, -0.05) is 80.1 Å². The number of benzene rings is 3. The Kier molecular flexibility index (Phi) is 13.4. The van der Waals surface area contributed by atoms with Gasteiger partial charge in [0.2, 0.25) is 0 Å². The third-order valence-electron chi connectivity index (χ3n) is 5.94. The summed E-state index contributed by atoms with van der Waals surface area (Å²) in [6.07, 6.45) is 6.50. The first-order valence-corrected chi connectivity index (χ1v) is 12.9. The Hall–Kier alpha value is -3.01. The maximum absolute atomic E-state index is 5.15. The van der Waals surface area contributed by atoms with E-state index >= 15 is 0 Å². The lowest BCUT2D eigenvalue weighted by Gasteiger charge is -2.05. The van der Waals surface area contributed by atoms with Crippen molar-refractivity contribution in [3.8, 4) is 0 Å². The lowest BCUT2D eigenvalue weighted by molar-refractivity contribution is 0.725. The Morgan fingerprint density at radius 2 is 1.54 bits per heavy atom. The second-order valence-electron chi connectivity index (χ2n) is 8.79. The van der Waals surface area contributed by atoms with E-state index in [-0.39, 0.29) is 0 Å². The average Bonchev–Trinajstić information content (AvgIpc) is 2.90. The first-order valence-electron chi connectivity index (χ1n) is 12.9. The van der Waals surface area contributed by atoms with Crippen molar-refractivity contribution in [2.45, 2.75) is 53.4 Å². The van der Waals surface area contributed by atoms with Crippen LogP contribution in [0.5, 0.6) is 0 Å². The van der Waals surface area contributed by atoms with Crippen molar-refractivity contribution in [3.05, 3.63) is 113 Å². The van der Waals surface area contributed by atoms with Crippen LogP contribution in [0.25, 0.3) is 10.9 Å². The molecule has 0 bridgehead atoms.